The van der Waals surface area contributed by atoms with Gasteiger partial charge >= 0.3 is 0 Å². The third kappa shape index (κ3) is 4.55. The monoisotopic (exact) mass is 286 g/mol. The van der Waals surface area contributed by atoms with E-state index in [2.05, 4.69) is 4.72 Å². The van der Waals surface area contributed by atoms with E-state index in [1.54, 1.807) is 6.92 Å². The Morgan fingerprint density at radius 1 is 1.29 bits per heavy atom. The summed E-state index contributed by atoms with van der Waals surface area (Å²) in [5.41, 5.74) is 5.24. The summed E-state index contributed by atoms with van der Waals surface area (Å²) in [7, 11) is -3.93. The van der Waals surface area contributed by atoms with Gasteiger partial charge in [0.05, 0.1) is 4.90 Å². The normalized spacial score (nSPS) is 12.9. The zero-order valence-electron chi connectivity index (χ0n) is 8.98. The second kappa shape index (κ2) is 6.25. The molecule has 0 heterocycles. The molecule has 0 bridgehead atoms. The average Bonchev–Trinajstić information content (AvgIpc) is 2.15. The van der Waals surface area contributed by atoms with Gasteiger partial charge in [0.1, 0.15) is 11.6 Å². The molecule has 0 saturated carbocycles. The van der Waals surface area contributed by atoms with Crippen molar-refractivity contribution in [3.05, 3.63) is 29.8 Å². The maximum absolute atomic E-state index is 12.8. The maximum atomic E-state index is 12.8. The summed E-state index contributed by atoms with van der Waals surface area (Å²) >= 11 is 0. The highest BCUT2D eigenvalue weighted by atomic mass is 35.5. The fourth-order valence-corrected chi connectivity index (χ4v) is 2.36. The molecule has 0 aliphatic rings. The molecule has 0 aliphatic heterocycles. The summed E-state index contributed by atoms with van der Waals surface area (Å²) in [5, 5.41) is 0. The fraction of sp³-hybridized carbons (Fsp3) is 0.333. The molecule has 0 amide bonds. The first-order valence-electron chi connectivity index (χ1n) is 4.53. The first-order chi connectivity index (χ1) is 7.35. The molecule has 4 nitrogen and oxygen atoms in total. The van der Waals surface area contributed by atoms with Crippen LogP contribution in [0, 0.1) is 11.6 Å². The number of halogens is 3. The molecule has 0 aliphatic carbocycles. The molecule has 8 heteroatoms. The molecule has 0 radical (unpaired) electrons. The molecule has 0 aromatic heterocycles. The first kappa shape index (κ1) is 16.2. The highest BCUT2D eigenvalue weighted by Gasteiger charge is 2.18. The number of nitrogens with two attached hydrogens (primary N) is 1. The van der Waals surface area contributed by atoms with E-state index in [1.807, 2.05) is 0 Å². The van der Waals surface area contributed by atoms with Crippen LogP contribution >= 0.6 is 12.4 Å². The molecule has 1 aromatic rings. The predicted octanol–water partition coefficient (Wildman–Crippen LogP) is 1.01. The molecule has 0 spiro atoms. The van der Waals surface area contributed by atoms with Gasteiger partial charge in [0.15, 0.2) is 0 Å². The van der Waals surface area contributed by atoms with Gasteiger partial charge in [-0.15, -0.1) is 12.4 Å². The minimum Gasteiger partial charge on any atom is -0.329 e. The fourth-order valence-electron chi connectivity index (χ4n) is 1.06. The van der Waals surface area contributed by atoms with Crippen molar-refractivity contribution in [2.24, 2.45) is 5.73 Å². The molecular formula is C9H13ClF2N2O2S. The minimum absolute atomic E-state index is 0. The van der Waals surface area contributed by atoms with E-state index in [4.69, 9.17) is 5.73 Å². The van der Waals surface area contributed by atoms with Gasteiger partial charge in [-0.3, -0.25) is 0 Å². The van der Waals surface area contributed by atoms with Crippen LogP contribution in [0.3, 0.4) is 0 Å². The first-order valence-corrected chi connectivity index (χ1v) is 6.02. The highest BCUT2D eigenvalue weighted by Crippen LogP contribution is 2.13. The molecule has 98 valence electrons. The number of hydrogen-bond acceptors (Lipinski definition) is 3. The van der Waals surface area contributed by atoms with Gasteiger partial charge in [0.25, 0.3) is 0 Å². The van der Waals surface area contributed by atoms with Crippen molar-refractivity contribution in [3.63, 3.8) is 0 Å². The van der Waals surface area contributed by atoms with Gasteiger partial charge < -0.3 is 5.73 Å². The van der Waals surface area contributed by atoms with E-state index in [0.717, 1.165) is 12.1 Å². The SMILES string of the molecule is C[C@@H](CN)NS(=O)(=O)c1cc(F)cc(F)c1.Cl. The van der Waals surface area contributed by atoms with E-state index in [-0.39, 0.29) is 19.0 Å². The molecule has 3 N–H and O–H groups in total. The molecule has 1 atom stereocenters. The summed E-state index contributed by atoms with van der Waals surface area (Å²) in [6.07, 6.45) is 0. The lowest BCUT2D eigenvalue weighted by Gasteiger charge is -2.11. The lowest BCUT2D eigenvalue weighted by atomic mass is 10.3. The van der Waals surface area contributed by atoms with Crippen LogP contribution < -0.4 is 10.5 Å². The third-order valence-corrected chi connectivity index (χ3v) is 3.43. The number of hydrogen-bond donors (Lipinski definition) is 2. The Hall–Kier alpha value is -0.760. The highest BCUT2D eigenvalue weighted by molar-refractivity contribution is 7.89. The average molecular weight is 287 g/mol. The van der Waals surface area contributed by atoms with Crippen molar-refractivity contribution < 1.29 is 17.2 Å². The number of sulfonamides is 1. The van der Waals surface area contributed by atoms with E-state index < -0.39 is 32.6 Å². The molecule has 0 saturated heterocycles. The predicted molar refractivity (Wildman–Crippen MR) is 62.4 cm³/mol. The van der Waals surface area contributed by atoms with Crippen LogP contribution in [0.5, 0.6) is 0 Å². The second-order valence-corrected chi connectivity index (χ2v) is 5.08. The Balaban J connectivity index is 0.00000256. The Kier molecular flexibility index (Phi) is 5.97. The molecule has 0 unspecified atom stereocenters. The van der Waals surface area contributed by atoms with Gasteiger partial charge in [0.2, 0.25) is 10.0 Å². The van der Waals surface area contributed by atoms with Gasteiger partial charge in [-0.2, -0.15) is 0 Å². The Bertz CT molecular complexity index is 462. The summed E-state index contributed by atoms with van der Waals surface area (Å²) in [5.74, 6) is -1.89. The maximum Gasteiger partial charge on any atom is 0.241 e. The smallest absolute Gasteiger partial charge is 0.241 e. The zero-order valence-corrected chi connectivity index (χ0v) is 10.6. The molecule has 1 aromatic carbocycles. The summed E-state index contributed by atoms with van der Waals surface area (Å²) in [6.45, 7) is 1.64. The number of benzene rings is 1. The van der Waals surface area contributed by atoms with Crippen molar-refractivity contribution >= 4 is 22.4 Å². The summed E-state index contributed by atoms with van der Waals surface area (Å²) in [4.78, 5) is -0.453. The molecular weight excluding hydrogens is 274 g/mol. The largest absolute Gasteiger partial charge is 0.329 e. The Labute approximate surface area is 105 Å². The van der Waals surface area contributed by atoms with Crippen molar-refractivity contribution in [2.45, 2.75) is 17.9 Å². The summed E-state index contributed by atoms with van der Waals surface area (Å²) < 4.78 is 51.0. The van der Waals surface area contributed by atoms with Crippen molar-refractivity contribution in [2.75, 3.05) is 6.54 Å². The van der Waals surface area contributed by atoms with E-state index in [0.29, 0.717) is 6.07 Å². The van der Waals surface area contributed by atoms with E-state index >= 15 is 0 Å². The quantitative estimate of drug-likeness (QED) is 0.868. The lowest BCUT2D eigenvalue weighted by Crippen LogP contribution is -2.37. The van der Waals surface area contributed by atoms with Crippen LogP contribution in [-0.2, 0) is 10.0 Å². The lowest BCUT2D eigenvalue weighted by molar-refractivity contribution is 0.551. The zero-order chi connectivity index (χ0) is 12.3. The standard InChI is InChI=1S/C9H12F2N2O2S.ClH/c1-6(5-12)13-16(14,15)9-3-7(10)2-8(11)4-9;/h2-4,6,13H,5,12H2,1H3;1H/t6-;/m0./s1. The third-order valence-electron chi connectivity index (χ3n) is 1.86. The van der Waals surface area contributed by atoms with Crippen molar-refractivity contribution in [1.29, 1.82) is 0 Å². The van der Waals surface area contributed by atoms with Crippen LogP contribution in [0.2, 0.25) is 0 Å². The van der Waals surface area contributed by atoms with Gasteiger partial charge in [0, 0.05) is 18.7 Å². The van der Waals surface area contributed by atoms with E-state index in [9.17, 15) is 17.2 Å². The van der Waals surface area contributed by atoms with Crippen LogP contribution in [0.25, 0.3) is 0 Å². The van der Waals surface area contributed by atoms with Gasteiger partial charge in [-0.25, -0.2) is 21.9 Å². The van der Waals surface area contributed by atoms with Gasteiger partial charge in [-0.05, 0) is 19.1 Å². The molecule has 0 fully saturated rings. The Morgan fingerprint density at radius 3 is 2.18 bits per heavy atom. The van der Waals surface area contributed by atoms with Crippen LogP contribution in [-0.4, -0.2) is 21.0 Å². The topological polar surface area (TPSA) is 72.2 Å². The second-order valence-electron chi connectivity index (χ2n) is 3.36. The minimum atomic E-state index is -3.93. The van der Waals surface area contributed by atoms with Crippen LogP contribution in [0.15, 0.2) is 23.1 Å². The van der Waals surface area contributed by atoms with Crippen LogP contribution in [0.1, 0.15) is 6.92 Å². The number of rotatable bonds is 4. The van der Waals surface area contributed by atoms with Crippen LogP contribution in [0.4, 0.5) is 8.78 Å². The molecule has 17 heavy (non-hydrogen) atoms. The van der Waals surface area contributed by atoms with Gasteiger partial charge in [-0.1, -0.05) is 0 Å². The molecule has 1 rings (SSSR count). The number of nitrogens with one attached hydrogen (secondary N) is 1. The van der Waals surface area contributed by atoms with E-state index in [1.165, 1.54) is 0 Å². The summed E-state index contributed by atoms with van der Waals surface area (Å²) in [6, 6.07) is 1.59. The van der Waals surface area contributed by atoms with Crippen molar-refractivity contribution in [1.82, 2.24) is 4.72 Å². The van der Waals surface area contributed by atoms with Crippen molar-refractivity contribution in [3.8, 4) is 0 Å². The Morgan fingerprint density at radius 2 is 1.76 bits per heavy atom.